The van der Waals surface area contributed by atoms with Gasteiger partial charge in [0.05, 0.1) is 0 Å². The highest BCUT2D eigenvalue weighted by atomic mass is 16.4. The molecule has 0 spiro atoms. The maximum Gasteiger partial charge on any atom is 0.352 e. The molecule has 0 saturated carbocycles. The van der Waals surface area contributed by atoms with E-state index in [1.165, 1.54) is 13.1 Å². The molecule has 16 heavy (non-hydrogen) atoms. The average molecular weight is 217 g/mol. The maximum atomic E-state index is 11.9. The molecule has 0 amide bonds. The minimum atomic E-state index is -1.10. The third-order valence-corrected chi connectivity index (χ3v) is 2.62. The number of aromatic carboxylic acids is 1. The predicted octanol–water partition coefficient (Wildman–Crippen LogP) is 1.55. The Balaban J connectivity index is 2.94. The molecular formula is C12H11NO3. The van der Waals surface area contributed by atoms with Gasteiger partial charge < -0.3 is 9.67 Å². The number of fused-ring (bicyclic) bond motifs is 1. The third kappa shape index (κ3) is 1.48. The Kier molecular flexibility index (Phi) is 2.27. The summed E-state index contributed by atoms with van der Waals surface area (Å²) in [5, 5.41) is 10.2. The number of aromatic nitrogens is 1. The summed E-state index contributed by atoms with van der Waals surface area (Å²) in [6.07, 6.45) is 0. The molecule has 2 aromatic rings. The lowest BCUT2D eigenvalue weighted by molar-refractivity contribution is 0.0685. The lowest BCUT2D eigenvalue weighted by Gasteiger charge is -2.06. The van der Waals surface area contributed by atoms with E-state index in [9.17, 15) is 9.59 Å². The average Bonchev–Trinajstić information content (AvgIpc) is 2.23. The van der Waals surface area contributed by atoms with Crippen molar-refractivity contribution in [3.8, 4) is 0 Å². The summed E-state index contributed by atoms with van der Waals surface area (Å²) in [5.41, 5.74) is 0.702. The summed E-state index contributed by atoms with van der Waals surface area (Å²) in [6.45, 7) is 1.89. The zero-order valence-corrected chi connectivity index (χ0v) is 9.02. The Labute approximate surface area is 91.8 Å². The monoisotopic (exact) mass is 217 g/mol. The molecule has 1 aromatic carbocycles. The van der Waals surface area contributed by atoms with E-state index >= 15 is 0 Å². The minimum absolute atomic E-state index is 0.00125. The van der Waals surface area contributed by atoms with Crippen LogP contribution in [0.2, 0.25) is 0 Å². The molecule has 1 heterocycles. The van der Waals surface area contributed by atoms with Crippen LogP contribution in [-0.2, 0) is 7.05 Å². The molecule has 1 aromatic heterocycles. The van der Waals surface area contributed by atoms with Crippen LogP contribution in [0.1, 0.15) is 16.1 Å². The Morgan fingerprint density at radius 3 is 2.62 bits per heavy atom. The minimum Gasteiger partial charge on any atom is -0.477 e. The smallest absolute Gasteiger partial charge is 0.352 e. The van der Waals surface area contributed by atoms with Gasteiger partial charge in [-0.15, -0.1) is 0 Å². The van der Waals surface area contributed by atoms with Crippen LogP contribution in [0, 0.1) is 6.92 Å². The molecule has 0 unspecified atom stereocenters. The van der Waals surface area contributed by atoms with Crippen molar-refractivity contribution in [2.24, 2.45) is 7.05 Å². The second-order valence-electron chi connectivity index (χ2n) is 3.79. The molecule has 0 radical (unpaired) electrons. The van der Waals surface area contributed by atoms with Crippen molar-refractivity contribution in [2.45, 2.75) is 6.92 Å². The van der Waals surface area contributed by atoms with Crippen molar-refractivity contribution in [1.29, 1.82) is 0 Å². The van der Waals surface area contributed by atoms with Crippen LogP contribution in [0.25, 0.3) is 10.8 Å². The molecule has 82 valence electrons. The van der Waals surface area contributed by atoms with Gasteiger partial charge in [0, 0.05) is 12.4 Å². The predicted molar refractivity (Wildman–Crippen MR) is 60.9 cm³/mol. The number of benzene rings is 1. The Morgan fingerprint density at radius 2 is 2.00 bits per heavy atom. The molecule has 1 N–H and O–H groups in total. The number of nitrogens with zero attached hydrogens (tertiary/aromatic N) is 1. The molecule has 0 aliphatic rings. The highest BCUT2D eigenvalue weighted by Crippen LogP contribution is 2.13. The molecule has 0 aliphatic heterocycles. The SMILES string of the molecule is Cc1ccc2cc(C(=O)O)n(C)c(=O)c2c1. The quantitative estimate of drug-likeness (QED) is 0.788. The molecular weight excluding hydrogens is 206 g/mol. The molecule has 0 atom stereocenters. The van der Waals surface area contributed by atoms with Gasteiger partial charge in [-0.1, -0.05) is 17.7 Å². The van der Waals surface area contributed by atoms with Gasteiger partial charge >= 0.3 is 5.97 Å². The van der Waals surface area contributed by atoms with Gasteiger partial charge in [0.25, 0.3) is 5.56 Å². The maximum absolute atomic E-state index is 11.9. The molecule has 2 rings (SSSR count). The number of rotatable bonds is 1. The Bertz CT molecular complexity index is 640. The van der Waals surface area contributed by atoms with Crippen molar-refractivity contribution in [3.63, 3.8) is 0 Å². The second-order valence-corrected chi connectivity index (χ2v) is 3.79. The van der Waals surface area contributed by atoms with Crippen LogP contribution >= 0.6 is 0 Å². The highest BCUT2D eigenvalue weighted by molar-refractivity contribution is 5.92. The fourth-order valence-electron chi connectivity index (χ4n) is 1.72. The van der Waals surface area contributed by atoms with Crippen LogP contribution in [0.15, 0.2) is 29.1 Å². The summed E-state index contributed by atoms with van der Waals surface area (Å²) < 4.78 is 1.16. The van der Waals surface area contributed by atoms with Crippen LogP contribution < -0.4 is 5.56 Å². The molecule has 0 saturated heterocycles. The molecule has 4 nitrogen and oxygen atoms in total. The zero-order valence-electron chi connectivity index (χ0n) is 9.02. The van der Waals surface area contributed by atoms with E-state index in [0.29, 0.717) is 10.8 Å². The number of hydrogen-bond acceptors (Lipinski definition) is 2. The lowest BCUT2D eigenvalue weighted by Crippen LogP contribution is -2.23. The Morgan fingerprint density at radius 1 is 1.31 bits per heavy atom. The number of carboxylic acids is 1. The van der Waals surface area contributed by atoms with Gasteiger partial charge in [-0.05, 0) is 24.4 Å². The van der Waals surface area contributed by atoms with Crippen molar-refractivity contribution in [3.05, 3.63) is 45.9 Å². The second kappa shape index (κ2) is 3.48. The first kappa shape index (κ1) is 10.4. The van der Waals surface area contributed by atoms with Crippen LogP contribution in [0.5, 0.6) is 0 Å². The zero-order chi connectivity index (χ0) is 11.9. The van der Waals surface area contributed by atoms with E-state index in [0.717, 1.165) is 10.1 Å². The summed E-state index contributed by atoms with van der Waals surface area (Å²) in [7, 11) is 1.47. The first-order valence-corrected chi connectivity index (χ1v) is 4.84. The normalized spacial score (nSPS) is 10.6. The lowest BCUT2D eigenvalue weighted by atomic mass is 10.1. The van der Waals surface area contributed by atoms with E-state index in [1.54, 1.807) is 12.1 Å². The number of aryl methyl sites for hydroxylation is 1. The standard InChI is InChI=1S/C12H11NO3/c1-7-3-4-8-6-10(12(15)16)13(2)11(14)9(8)5-7/h3-6H,1-2H3,(H,15,16). The number of carbonyl (C=O) groups is 1. The fraction of sp³-hybridized carbons (Fsp3) is 0.167. The Hall–Kier alpha value is -2.10. The van der Waals surface area contributed by atoms with Gasteiger partial charge in [0.1, 0.15) is 5.69 Å². The molecule has 4 heteroatoms. The fourth-order valence-corrected chi connectivity index (χ4v) is 1.72. The highest BCUT2D eigenvalue weighted by Gasteiger charge is 2.11. The van der Waals surface area contributed by atoms with Gasteiger partial charge in [-0.2, -0.15) is 0 Å². The van der Waals surface area contributed by atoms with E-state index in [-0.39, 0.29) is 11.3 Å². The van der Waals surface area contributed by atoms with Gasteiger partial charge in [-0.25, -0.2) is 4.79 Å². The van der Waals surface area contributed by atoms with E-state index in [4.69, 9.17) is 5.11 Å². The van der Waals surface area contributed by atoms with Crippen LogP contribution in [0.4, 0.5) is 0 Å². The molecule has 0 fully saturated rings. The third-order valence-electron chi connectivity index (χ3n) is 2.62. The van der Waals surface area contributed by atoms with E-state index in [2.05, 4.69) is 0 Å². The molecule has 0 bridgehead atoms. The van der Waals surface area contributed by atoms with Crippen molar-refractivity contribution in [1.82, 2.24) is 4.57 Å². The van der Waals surface area contributed by atoms with Crippen molar-refractivity contribution in [2.75, 3.05) is 0 Å². The van der Waals surface area contributed by atoms with Crippen molar-refractivity contribution < 1.29 is 9.90 Å². The van der Waals surface area contributed by atoms with Crippen LogP contribution in [0.3, 0.4) is 0 Å². The summed E-state index contributed by atoms with van der Waals surface area (Å²) in [5.74, 6) is -1.10. The van der Waals surface area contributed by atoms with Gasteiger partial charge in [0.15, 0.2) is 0 Å². The van der Waals surface area contributed by atoms with E-state index < -0.39 is 5.97 Å². The first-order valence-electron chi connectivity index (χ1n) is 4.84. The van der Waals surface area contributed by atoms with Crippen molar-refractivity contribution >= 4 is 16.7 Å². The first-order chi connectivity index (χ1) is 7.50. The largest absolute Gasteiger partial charge is 0.477 e. The number of hydrogen-bond donors (Lipinski definition) is 1. The summed E-state index contributed by atoms with van der Waals surface area (Å²) in [4.78, 5) is 22.8. The number of carboxylic acid groups (broad SMARTS) is 1. The summed E-state index contributed by atoms with van der Waals surface area (Å²) >= 11 is 0. The van der Waals surface area contributed by atoms with Crippen LogP contribution in [-0.4, -0.2) is 15.6 Å². The molecule has 0 aliphatic carbocycles. The van der Waals surface area contributed by atoms with Gasteiger partial charge in [0.2, 0.25) is 0 Å². The number of pyridine rings is 1. The van der Waals surface area contributed by atoms with E-state index in [1.807, 2.05) is 13.0 Å². The van der Waals surface area contributed by atoms with Gasteiger partial charge in [-0.3, -0.25) is 4.79 Å². The topological polar surface area (TPSA) is 59.3 Å². The summed E-state index contributed by atoms with van der Waals surface area (Å²) in [6, 6.07) is 6.90.